The minimum atomic E-state index is -1.36. The molecule has 3 aliphatic carbocycles. The molecule has 43 heavy (non-hydrogen) atoms. The molecular weight excluding hydrogens is 558 g/mol. The molecule has 4 unspecified atom stereocenters. The quantitative estimate of drug-likeness (QED) is 0.269. The number of carboxylic acids is 1. The number of ketones is 2. The highest BCUT2D eigenvalue weighted by atomic mass is 16.5. The molecular formula is C32H27NO10. The molecule has 0 saturated carbocycles. The third kappa shape index (κ3) is 4.06. The van der Waals surface area contributed by atoms with E-state index in [1.165, 1.54) is 26.4 Å². The zero-order valence-corrected chi connectivity index (χ0v) is 23.4. The fourth-order valence-corrected chi connectivity index (χ4v) is 6.94. The number of hydrogen-bond donors (Lipinski definition) is 3. The van der Waals surface area contributed by atoms with Crippen LogP contribution in [-0.4, -0.2) is 58.9 Å². The maximum atomic E-state index is 14.0. The van der Waals surface area contributed by atoms with Crippen molar-refractivity contribution in [3.8, 4) is 23.0 Å². The van der Waals surface area contributed by atoms with E-state index in [0.29, 0.717) is 11.1 Å². The van der Waals surface area contributed by atoms with Crippen molar-refractivity contribution in [1.29, 1.82) is 0 Å². The van der Waals surface area contributed by atoms with E-state index in [2.05, 4.69) is 0 Å². The first kappa shape index (κ1) is 28.0. The maximum Gasteiger partial charge on any atom is 0.339 e. The average Bonchev–Trinajstić information content (AvgIpc) is 3.24. The number of nitrogens with zero attached hydrogens (tertiary/aromatic N) is 1. The molecule has 2 aromatic carbocycles. The number of hydrogen-bond acceptors (Lipinski definition) is 9. The maximum absolute atomic E-state index is 14.0. The normalized spacial score (nSPS) is 24.7. The van der Waals surface area contributed by atoms with Crippen molar-refractivity contribution in [3.05, 3.63) is 75.9 Å². The van der Waals surface area contributed by atoms with Crippen LogP contribution >= 0.6 is 0 Å². The number of aromatic carboxylic acids is 1. The lowest BCUT2D eigenvalue weighted by molar-refractivity contribution is -0.123. The fraction of sp³-hybridized carbons (Fsp3) is 0.281. The van der Waals surface area contributed by atoms with Crippen LogP contribution in [0.25, 0.3) is 0 Å². The number of anilines is 1. The number of amides is 2. The Kier molecular flexibility index (Phi) is 6.48. The molecule has 11 heteroatoms. The number of methoxy groups -OCH3 is 2. The van der Waals surface area contributed by atoms with Crippen molar-refractivity contribution in [2.75, 3.05) is 19.1 Å². The van der Waals surface area contributed by atoms with Gasteiger partial charge in [0, 0.05) is 28.7 Å². The molecule has 2 amide bonds. The van der Waals surface area contributed by atoms with E-state index in [9.17, 15) is 39.3 Å². The first-order valence-electron chi connectivity index (χ1n) is 13.6. The van der Waals surface area contributed by atoms with Crippen molar-refractivity contribution in [2.24, 2.45) is 17.8 Å². The summed E-state index contributed by atoms with van der Waals surface area (Å²) in [6.07, 6.45) is 3.39. The lowest BCUT2D eigenvalue weighted by Gasteiger charge is -2.42. The third-order valence-electron chi connectivity index (χ3n) is 8.87. The summed E-state index contributed by atoms with van der Waals surface area (Å²) in [4.78, 5) is 67.0. The van der Waals surface area contributed by atoms with Crippen molar-refractivity contribution in [3.63, 3.8) is 0 Å². The second-order valence-corrected chi connectivity index (χ2v) is 11.0. The second kappa shape index (κ2) is 9.97. The number of imide groups is 1. The molecule has 0 aromatic heterocycles. The number of carbonyl (C=O) groups excluding carboxylic acids is 4. The number of aromatic hydroxyl groups is 2. The lowest BCUT2D eigenvalue weighted by atomic mass is 9.59. The van der Waals surface area contributed by atoms with Crippen molar-refractivity contribution >= 4 is 35.0 Å². The van der Waals surface area contributed by atoms with E-state index in [0.717, 1.165) is 17.0 Å². The highest BCUT2D eigenvalue weighted by molar-refractivity contribution is 6.25. The Morgan fingerprint density at radius 1 is 0.953 bits per heavy atom. The monoisotopic (exact) mass is 585 g/mol. The van der Waals surface area contributed by atoms with Crippen molar-refractivity contribution in [2.45, 2.75) is 25.7 Å². The summed E-state index contributed by atoms with van der Waals surface area (Å²) in [7, 11) is 2.74. The smallest absolute Gasteiger partial charge is 0.339 e. The number of benzene rings is 2. The standard InChI is InChI=1S/C32H27NO10/c1-13-8-22(35)27-20(28(13)36)12-19-16(25(27)14-9-23(42-2)29(37)24(10-14)43-3)6-7-18-26(19)31(39)33(30(18)38)15-4-5-17(32(40)41)21(34)11-15/h4-6,8-11,18-19,25-26,34,37H,7,12H2,1-3H3,(H,40,41). The largest absolute Gasteiger partial charge is 0.507 e. The second-order valence-electron chi connectivity index (χ2n) is 11.0. The van der Waals surface area contributed by atoms with Gasteiger partial charge in [-0.2, -0.15) is 0 Å². The fourth-order valence-electron chi connectivity index (χ4n) is 6.94. The summed E-state index contributed by atoms with van der Waals surface area (Å²) < 4.78 is 10.7. The Labute approximate surface area is 245 Å². The van der Waals surface area contributed by atoms with Gasteiger partial charge in [0.25, 0.3) is 0 Å². The topological polar surface area (TPSA) is 168 Å². The van der Waals surface area contributed by atoms with Crippen LogP contribution in [0.5, 0.6) is 23.0 Å². The first-order chi connectivity index (χ1) is 20.5. The SMILES string of the molecule is COc1cc(C2C3=CCC4C(=O)N(c5ccc(C(=O)O)c(O)c5)C(=O)C4C3CC3=C2C(=O)C=C(C)C3=O)cc(OC)c1O. The molecule has 0 spiro atoms. The van der Waals surface area contributed by atoms with Gasteiger partial charge < -0.3 is 24.8 Å². The van der Waals surface area contributed by atoms with E-state index in [1.54, 1.807) is 19.1 Å². The van der Waals surface area contributed by atoms with Crippen LogP contribution in [0.1, 0.15) is 41.6 Å². The summed E-state index contributed by atoms with van der Waals surface area (Å²) in [5, 5.41) is 30.1. The molecule has 4 aliphatic rings. The number of phenols is 2. The Balaban J connectivity index is 1.49. The molecule has 0 bridgehead atoms. The molecule has 1 heterocycles. The number of Topliss-reactive ketones (excluding diaryl/α,β-unsaturated/α-hetero) is 1. The molecule has 6 rings (SSSR count). The zero-order chi connectivity index (χ0) is 30.9. The summed E-state index contributed by atoms with van der Waals surface area (Å²) >= 11 is 0. The molecule has 220 valence electrons. The Morgan fingerprint density at radius 3 is 2.23 bits per heavy atom. The molecule has 2 aromatic rings. The van der Waals surface area contributed by atoms with Crippen LogP contribution in [0.15, 0.2) is 64.8 Å². The van der Waals surface area contributed by atoms with E-state index in [-0.39, 0.29) is 69.6 Å². The number of ether oxygens (including phenoxy) is 2. The van der Waals surface area contributed by atoms with E-state index < -0.39 is 47.2 Å². The number of rotatable bonds is 5. The van der Waals surface area contributed by atoms with Gasteiger partial charge in [0.05, 0.1) is 31.7 Å². The minimum Gasteiger partial charge on any atom is -0.507 e. The number of phenolic OH excluding ortho intramolecular Hbond substituents is 1. The molecule has 1 aliphatic heterocycles. The Hall–Kier alpha value is -5.19. The van der Waals surface area contributed by atoms with Gasteiger partial charge in [-0.25, -0.2) is 9.69 Å². The van der Waals surface area contributed by atoms with Gasteiger partial charge >= 0.3 is 5.97 Å². The van der Waals surface area contributed by atoms with Crippen molar-refractivity contribution < 1.29 is 48.8 Å². The zero-order valence-electron chi connectivity index (χ0n) is 23.4. The van der Waals surface area contributed by atoms with Crippen LogP contribution in [0.2, 0.25) is 0 Å². The highest BCUT2D eigenvalue weighted by Gasteiger charge is 2.56. The summed E-state index contributed by atoms with van der Waals surface area (Å²) in [5.41, 5.74) is 1.67. The van der Waals surface area contributed by atoms with Crippen molar-refractivity contribution in [1.82, 2.24) is 0 Å². The minimum absolute atomic E-state index is 0.0384. The average molecular weight is 586 g/mol. The predicted octanol–water partition coefficient (Wildman–Crippen LogP) is 3.45. The van der Waals surface area contributed by atoms with Gasteiger partial charge in [0.2, 0.25) is 17.6 Å². The molecule has 0 radical (unpaired) electrons. The van der Waals surface area contributed by atoms with Crippen LogP contribution in [0, 0.1) is 17.8 Å². The van der Waals surface area contributed by atoms with E-state index >= 15 is 0 Å². The first-order valence-corrected chi connectivity index (χ1v) is 13.6. The summed E-state index contributed by atoms with van der Waals surface area (Å²) in [5.74, 6) is -6.74. The van der Waals surface area contributed by atoms with Gasteiger partial charge in [-0.3, -0.25) is 19.2 Å². The number of fused-ring (bicyclic) bond motifs is 3. The third-order valence-corrected chi connectivity index (χ3v) is 8.87. The van der Waals surface area contributed by atoms with Gasteiger partial charge in [-0.05, 0) is 61.6 Å². The number of carbonyl (C=O) groups is 5. The van der Waals surface area contributed by atoms with Crippen LogP contribution < -0.4 is 14.4 Å². The summed E-state index contributed by atoms with van der Waals surface area (Å²) in [6.45, 7) is 1.56. The molecule has 3 N–H and O–H groups in total. The van der Waals surface area contributed by atoms with Gasteiger partial charge in [-0.1, -0.05) is 11.6 Å². The molecule has 1 fully saturated rings. The van der Waals surface area contributed by atoms with E-state index in [1.807, 2.05) is 6.08 Å². The van der Waals surface area contributed by atoms with Gasteiger partial charge in [0.1, 0.15) is 11.3 Å². The van der Waals surface area contributed by atoms with Crippen LogP contribution in [0.3, 0.4) is 0 Å². The van der Waals surface area contributed by atoms with Gasteiger partial charge in [0.15, 0.2) is 23.1 Å². The van der Waals surface area contributed by atoms with E-state index in [4.69, 9.17) is 9.47 Å². The van der Waals surface area contributed by atoms with Crippen LogP contribution in [0.4, 0.5) is 5.69 Å². The Morgan fingerprint density at radius 2 is 1.63 bits per heavy atom. The number of allylic oxidation sites excluding steroid dienone is 6. The molecule has 11 nitrogen and oxygen atoms in total. The van der Waals surface area contributed by atoms with Crippen LogP contribution in [-0.2, 0) is 19.2 Å². The lowest BCUT2D eigenvalue weighted by Crippen LogP contribution is -2.39. The Bertz CT molecular complexity index is 1740. The molecule has 1 saturated heterocycles. The summed E-state index contributed by atoms with van der Waals surface area (Å²) in [6, 6.07) is 6.61. The highest BCUT2D eigenvalue weighted by Crippen LogP contribution is 2.56. The molecule has 4 atom stereocenters. The predicted molar refractivity (Wildman–Crippen MR) is 150 cm³/mol. The van der Waals surface area contributed by atoms with Gasteiger partial charge in [-0.15, -0.1) is 0 Å². The number of carboxylic acid groups (broad SMARTS) is 1.